The lowest BCUT2D eigenvalue weighted by molar-refractivity contribution is 0.297. The Morgan fingerprint density at radius 2 is 2.00 bits per heavy atom. The summed E-state index contributed by atoms with van der Waals surface area (Å²) in [5, 5.41) is 7.55. The molecule has 2 aliphatic rings. The predicted octanol–water partition coefficient (Wildman–Crippen LogP) is 1.77. The SMILES string of the molecule is COc1cccc(CN2CC[C@@]3(CCn4c3nn(Cc3csc(C)n3)c(=O)c4=O)C2)c1. The third-order valence-corrected chi connectivity index (χ3v) is 7.20. The van der Waals surface area contributed by atoms with E-state index in [-0.39, 0.29) is 12.0 Å². The van der Waals surface area contributed by atoms with Gasteiger partial charge in [0.05, 0.1) is 24.4 Å². The highest BCUT2D eigenvalue weighted by Gasteiger charge is 2.47. The summed E-state index contributed by atoms with van der Waals surface area (Å²) in [6.45, 7) is 5.28. The van der Waals surface area contributed by atoms with Gasteiger partial charge in [-0.15, -0.1) is 11.3 Å². The number of fused-ring (bicyclic) bond motifs is 2. The number of hydrogen-bond donors (Lipinski definition) is 0. The minimum absolute atomic E-state index is 0.189. The zero-order valence-electron chi connectivity index (χ0n) is 17.7. The second-order valence-corrected chi connectivity index (χ2v) is 9.51. The molecule has 5 rings (SSSR count). The molecule has 31 heavy (non-hydrogen) atoms. The summed E-state index contributed by atoms with van der Waals surface area (Å²) >= 11 is 1.53. The van der Waals surface area contributed by atoms with E-state index >= 15 is 0 Å². The van der Waals surface area contributed by atoms with Gasteiger partial charge in [-0.3, -0.25) is 19.1 Å². The van der Waals surface area contributed by atoms with Crippen LogP contribution < -0.4 is 15.9 Å². The highest BCUT2D eigenvalue weighted by atomic mass is 32.1. The lowest BCUT2D eigenvalue weighted by Gasteiger charge is -2.24. The number of thiazole rings is 1. The minimum atomic E-state index is -0.572. The molecule has 8 nitrogen and oxygen atoms in total. The maximum atomic E-state index is 12.8. The average Bonchev–Trinajstić information content (AvgIpc) is 3.46. The molecule has 9 heteroatoms. The summed E-state index contributed by atoms with van der Waals surface area (Å²) in [6.07, 6.45) is 1.76. The number of ether oxygens (including phenoxy) is 1. The maximum Gasteiger partial charge on any atom is 0.332 e. The summed E-state index contributed by atoms with van der Waals surface area (Å²) in [5.74, 6) is 1.60. The van der Waals surface area contributed by atoms with E-state index in [1.54, 1.807) is 11.7 Å². The zero-order valence-corrected chi connectivity index (χ0v) is 18.5. The summed E-state index contributed by atoms with van der Waals surface area (Å²) in [7, 11) is 1.68. The fraction of sp³-hybridized carbons (Fsp3) is 0.455. The summed E-state index contributed by atoms with van der Waals surface area (Å²) < 4.78 is 8.25. The van der Waals surface area contributed by atoms with Crippen molar-refractivity contribution in [3.63, 3.8) is 0 Å². The molecule has 1 atom stereocenters. The molecule has 0 radical (unpaired) electrons. The molecule has 0 N–H and O–H groups in total. The molecular weight excluding hydrogens is 414 g/mol. The molecule has 1 saturated heterocycles. The molecule has 0 unspecified atom stereocenters. The zero-order chi connectivity index (χ0) is 21.6. The first-order chi connectivity index (χ1) is 15.0. The van der Waals surface area contributed by atoms with Crippen LogP contribution in [0.3, 0.4) is 0 Å². The van der Waals surface area contributed by atoms with Gasteiger partial charge in [-0.05, 0) is 44.0 Å². The highest BCUT2D eigenvalue weighted by molar-refractivity contribution is 7.09. The van der Waals surface area contributed by atoms with Crippen LogP contribution in [0.25, 0.3) is 0 Å². The number of aromatic nitrogens is 4. The molecular formula is C22H25N5O3S. The molecule has 2 aliphatic heterocycles. The number of rotatable bonds is 5. The predicted molar refractivity (Wildman–Crippen MR) is 118 cm³/mol. The molecule has 1 spiro atoms. The smallest absolute Gasteiger partial charge is 0.332 e. The van der Waals surface area contributed by atoms with Gasteiger partial charge < -0.3 is 4.74 Å². The molecule has 0 amide bonds. The molecule has 3 aromatic rings. The fourth-order valence-corrected chi connectivity index (χ4v) is 5.43. The Morgan fingerprint density at radius 3 is 2.77 bits per heavy atom. The summed E-state index contributed by atoms with van der Waals surface area (Å²) in [5.41, 5.74) is 0.729. The molecule has 1 aromatic carbocycles. The van der Waals surface area contributed by atoms with E-state index < -0.39 is 11.1 Å². The normalized spacial score (nSPS) is 20.5. The van der Waals surface area contributed by atoms with E-state index in [1.807, 2.05) is 24.4 Å². The summed E-state index contributed by atoms with van der Waals surface area (Å²) in [6, 6.07) is 8.11. The van der Waals surface area contributed by atoms with E-state index in [9.17, 15) is 9.59 Å². The van der Waals surface area contributed by atoms with Crippen molar-refractivity contribution in [3.05, 3.63) is 72.4 Å². The van der Waals surface area contributed by atoms with E-state index in [4.69, 9.17) is 9.84 Å². The summed E-state index contributed by atoms with van der Waals surface area (Å²) in [4.78, 5) is 32.3. The van der Waals surface area contributed by atoms with Crippen LogP contribution in [0.2, 0.25) is 0 Å². The van der Waals surface area contributed by atoms with Crippen molar-refractivity contribution < 1.29 is 4.74 Å². The van der Waals surface area contributed by atoms with Crippen molar-refractivity contribution in [3.8, 4) is 5.75 Å². The first-order valence-corrected chi connectivity index (χ1v) is 11.3. The van der Waals surface area contributed by atoms with Crippen LogP contribution >= 0.6 is 11.3 Å². The topological polar surface area (TPSA) is 82.2 Å². The Labute approximate surface area is 183 Å². The van der Waals surface area contributed by atoms with E-state index in [0.29, 0.717) is 6.54 Å². The van der Waals surface area contributed by atoms with Crippen LogP contribution in [0.15, 0.2) is 39.2 Å². The van der Waals surface area contributed by atoms with Crippen LogP contribution in [0.1, 0.15) is 34.9 Å². The molecule has 162 valence electrons. The quantitative estimate of drug-likeness (QED) is 0.564. The number of benzene rings is 1. The number of likely N-dealkylation sites (tertiary alicyclic amines) is 1. The van der Waals surface area contributed by atoms with Crippen molar-refractivity contribution in [2.45, 2.75) is 44.8 Å². The van der Waals surface area contributed by atoms with Crippen LogP contribution in [0, 0.1) is 6.92 Å². The molecule has 0 bridgehead atoms. The van der Waals surface area contributed by atoms with Crippen LogP contribution in [-0.4, -0.2) is 44.4 Å². The maximum absolute atomic E-state index is 12.8. The standard InChI is InChI=1S/C22H25N5O3S/c1-15-23-17(13-31-15)12-27-20(29)19(28)26-9-7-22(21(26)24-27)6-8-25(14-22)11-16-4-3-5-18(10-16)30-2/h3-5,10,13H,6-9,11-12,14H2,1-2H3/t22-/m1/s1. The first kappa shape index (κ1) is 20.1. The Balaban J connectivity index is 1.43. The number of hydrogen-bond acceptors (Lipinski definition) is 7. The van der Waals surface area contributed by atoms with Crippen molar-refractivity contribution in [2.24, 2.45) is 0 Å². The monoisotopic (exact) mass is 439 g/mol. The molecule has 2 aromatic heterocycles. The van der Waals surface area contributed by atoms with E-state index in [2.05, 4.69) is 22.0 Å². The largest absolute Gasteiger partial charge is 0.497 e. The van der Waals surface area contributed by atoms with Gasteiger partial charge in [-0.2, -0.15) is 5.10 Å². The van der Waals surface area contributed by atoms with Gasteiger partial charge in [-0.1, -0.05) is 12.1 Å². The molecule has 1 fully saturated rings. The third-order valence-electron chi connectivity index (χ3n) is 6.37. The van der Waals surface area contributed by atoms with Gasteiger partial charge in [0, 0.05) is 30.4 Å². The molecule has 0 saturated carbocycles. The van der Waals surface area contributed by atoms with Crippen LogP contribution in [0.5, 0.6) is 5.75 Å². The molecule has 4 heterocycles. The Hall–Kier alpha value is -2.78. The highest BCUT2D eigenvalue weighted by Crippen LogP contribution is 2.40. The van der Waals surface area contributed by atoms with Gasteiger partial charge in [0.2, 0.25) is 0 Å². The number of methoxy groups -OCH3 is 1. The minimum Gasteiger partial charge on any atom is -0.497 e. The molecule has 0 aliphatic carbocycles. The van der Waals surface area contributed by atoms with Gasteiger partial charge in [0.1, 0.15) is 11.6 Å². The van der Waals surface area contributed by atoms with Crippen molar-refractivity contribution in [2.75, 3.05) is 20.2 Å². The number of nitrogens with zero attached hydrogens (tertiary/aromatic N) is 5. The lowest BCUT2D eigenvalue weighted by atomic mass is 9.85. The average molecular weight is 440 g/mol. The van der Waals surface area contributed by atoms with Crippen LogP contribution in [0.4, 0.5) is 0 Å². The van der Waals surface area contributed by atoms with Crippen molar-refractivity contribution in [1.82, 2.24) is 24.2 Å². The van der Waals surface area contributed by atoms with E-state index in [0.717, 1.165) is 54.8 Å². The van der Waals surface area contributed by atoms with Crippen molar-refractivity contribution >= 4 is 11.3 Å². The second-order valence-electron chi connectivity index (χ2n) is 8.44. The second kappa shape index (κ2) is 7.72. The Morgan fingerprint density at radius 1 is 1.16 bits per heavy atom. The van der Waals surface area contributed by atoms with Gasteiger partial charge in [0.25, 0.3) is 0 Å². The van der Waals surface area contributed by atoms with E-state index in [1.165, 1.54) is 21.6 Å². The van der Waals surface area contributed by atoms with Gasteiger partial charge in [0.15, 0.2) is 0 Å². The number of aryl methyl sites for hydroxylation is 1. The van der Waals surface area contributed by atoms with Gasteiger partial charge in [-0.25, -0.2) is 9.67 Å². The fourth-order valence-electron chi connectivity index (χ4n) is 4.82. The van der Waals surface area contributed by atoms with Gasteiger partial charge >= 0.3 is 11.1 Å². The first-order valence-electron chi connectivity index (χ1n) is 10.5. The Bertz CT molecular complexity index is 1250. The van der Waals surface area contributed by atoms with Crippen molar-refractivity contribution in [1.29, 1.82) is 0 Å². The van der Waals surface area contributed by atoms with Crippen LogP contribution in [-0.2, 0) is 25.0 Å². The Kier molecular flexibility index (Phi) is 5.02. The lowest BCUT2D eigenvalue weighted by Crippen LogP contribution is -2.45. The third kappa shape index (κ3) is 3.61.